The Bertz CT molecular complexity index is 1640. The highest BCUT2D eigenvalue weighted by molar-refractivity contribution is 5.94. The summed E-state index contributed by atoms with van der Waals surface area (Å²) < 4.78 is 21.3. The second-order valence-corrected chi connectivity index (χ2v) is 15.3. The van der Waals surface area contributed by atoms with Gasteiger partial charge in [0.15, 0.2) is 0 Å². The molecule has 240 valence electrons. The minimum absolute atomic E-state index is 0.00801. The Morgan fingerprint density at radius 2 is 1.78 bits per heavy atom. The first-order chi connectivity index (χ1) is 21.7. The maximum absolute atomic E-state index is 14.8. The zero-order chi connectivity index (χ0) is 31.3. The molecule has 4 fully saturated rings. The Kier molecular flexibility index (Phi) is 8.12. The second-order valence-electron chi connectivity index (χ2n) is 15.3. The molecule has 3 aromatic rings. The minimum Gasteiger partial charge on any atom is -0.376 e. The monoisotopic (exact) mass is 613 g/mol. The summed E-state index contributed by atoms with van der Waals surface area (Å²) in [5.74, 6) is 3.22. The predicted octanol–water partition coefficient (Wildman–Crippen LogP) is 7.45. The number of halogens is 1. The molecule has 1 amide bonds. The molecule has 1 aromatic heterocycles. The van der Waals surface area contributed by atoms with E-state index in [0.29, 0.717) is 36.1 Å². The van der Waals surface area contributed by atoms with E-state index in [9.17, 15) is 14.0 Å². The van der Waals surface area contributed by atoms with Crippen LogP contribution < -0.4 is 10.9 Å². The summed E-state index contributed by atoms with van der Waals surface area (Å²) in [5.41, 5.74) is 1.90. The number of aromatic nitrogens is 2. The Hall–Kier alpha value is -3.06. The standard InChI is InChI=1S/C38H48FN3O3/c1-23-14-16-37(2)25(20-23)9-10-28-30-11-13-34(38(30,3)17-15-31(28)37)45-19-18-40-35(43)29-21-24(8-12-32(29)39)22-33-26-6-4-5-7-27(26)36(44)42-41-33/h4-8,12,21,23,25,28,30-31,34H,9-11,13-20,22H2,1-3H3,(H,40,43)(H,42,44)/t23?,25-,28-,30-,31-,34-,37-,38-/m0/s1. The number of rotatable bonds is 7. The number of nitrogens with one attached hydrogen (secondary N) is 2. The number of hydrogen-bond acceptors (Lipinski definition) is 4. The summed E-state index contributed by atoms with van der Waals surface area (Å²) in [6, 6.07) is 11.8. The molecule has 0 spiro atoms. The lowest BCUT2D eigenvalue weighted by Crippen LogP contribution is -2.54. The molecule has 0 aliphatic heterocycles. The number of carbonyl (C=O) groups is 1. The molecule has 2 aromatic carbocycles. The van der Waals surface area contributed by atoms with Gasteiger partial charge in [0.05, 0.1) is 29.4 Å². The molecule has 0 saturated heterocycles. The van der Waals surface area contributed by atoms with Gasteiger partial charge in [-0.3, -0.25) is 9.59 Å². The zero-order valence-electron chi connectivity index (χ0n) is 27.0. The van der Waals surface area contributed by atoms with Crippen LogP contribution in [0.1, 0.15) is 100 Å². The van der Waals surface area contributed by atoms with Crippen molar-refractivity contribution < 1.29 is 13.9 Å². The average Bonchev–Trinajstić information content (AvgIpc) is 3.38. The average molecular weight is 614 g/mol. The van der Waals surface area contributed by atoms with E-state index in [1.807, 2.05) is 18.2 Å². The van der Waals surface area contributed by atoms with Gasteiger partial charge in [0.1, 0.15) is 5.82 Å². The third kappa shape index (κ3) is 5.43. The Balaban J connectivity index is 0.953. The summed E-state index contributed by atoms with van der Waals surface area (Å²) in [4.78, 5) is 25.2. The number of aromatic amines is 1. The molecule has 4 saturated carbocycles. The fourth-order valence-electron chi connectivity index (χ4n) is 10.5. The summed E-state index contributed by atoms with van der Waals surface area (Å²) in [7, 11) is 0. The zero-order valence-corrected chi connectivity index (χ0v) is 27.0. The topological polar surface area (TPSA) is 84.1 Å². The smallest absolute Gasteiger partial charge is 0.272 e. The molecule has 45 heavy (non-hydrogen) atoms. The van der Waals surface area contributed by atoms with E-state index in [4.69, 9.17) is 4.74 Å². The fourth-order valence-corrected chi connectivity index (χ4v) is 10.5. The van der Waals surface area contributed by atoms with Crippen LogP contribution in [0, 0.1) is 46.2 Å². The molecule has 2 N–H and O–H groups in total. The first-order valence-corrected chi connectivity index (χ1v) is 17.3. The van der Waals surface area contributed by atoms with Crippen molar-refractivity contribution in [3.8, 4) is 0 Å². The molecule has 8 atom stereocenters. The van der Waals surface area contributed by atoms with Crippen molar-refractivity contribution in [3.05, 3.63) is 75.5 Å². The maximum Gasteiger partial charge on any atom is 0.272 e. The normalized spacial score (nSPS) is 34.1. The van der Waals surface area contributed by atoms with Gasteiger partial charge in [0.2, 0.25) is 0 Å². The van der Waals surface area contributed by atoms with Gasteiger partial charge < -0.3 is 10.1 Å². The number of H-pyrrole nitrogens is 1. The number of nitrogens with zero attached hydrogens (tertiary/aromatic N) is 1. The van der Waals surface area contributed by atoms with E-state index in [0.717, 1.165) is 47.0 Å². The van der Waals surface area contributed by atoms with Gasteiger partial charge in [-0.2, -0.15) is 5.10 Å². The molecule has 6 nitrogen and oxygen atoms in total. The number of hydrogen-bond donors (Lipinski definition) is 2. The summed E-state index contributed by atoms with van der Waals surface area (Å²) in [5, 5.41) is 11.0. The lowest BCUT2D eigenvalue weighted by atomic mass is 9.44. The summed E-state index contributed by atoms with van der Waals surface area (Å²) >= 11 is 0. The van der Waals surface area contributed by atoms with E-state index in [2.05, 4.69) is 36.3 Å². The number of ether oxygens (including phenoxy) is 1. The van der Waals surface area contributed by atoms with E-state index >= 15 is 0 Å². The van der Waals surface area contributed by atoms with Crippen molar-refractivity contribution in [2.24, 2.45) is 40.4 Å². The molecule has 4 aliphatic carbocycles. The van der Waals surface area contributed by atoms with Gasteiger partial charge in [-0.15, -0.1) is 0 Å². The lowest BCUT2D eigenvalue weighted by Gasteiger charge is -2.61. The van der Waals surface area contributed by atoms with Crippen LogP contribution >= 0.6 is 0 Å². The largest absolute Gasteiger partial charge is 0.376 e. The highest BCUT2D eigenvalue weighted by Crippen LogP contribution is 2.66. The Morgan fingerprint density at radius 1 is 1.00 bits per heavy atom. The fraction of sp³-hybridized carbons (Fsp3) is 0.605. The summed E-state index contributed by atoms with van der Waals surface area (Å²) in [6.07, 6.45) is 12.5. The molecule has 1 unspecified atom stereocenters. The van der Waals surface area contributed by atoms with E-state index in [1.165, 1.54) is 57.4 Å². The number of benzene rings is 2. The molecule has 1 heterocycles. The lowest BCUT2D eigenvalue weighted by molar-refractivity contribution is -0.134. The number of fused-ring (bicyclic) bond motifs is 6. The quantitative estimate of drug-likeness (QED) is 0.271. The van der Waals surface area contributed by atoms with Crippen molar-refractivity contribution >= 4 is 16.7 Å². The van der Waals surface area contributed by atoms with Crippen LogP contribution in [0.25, 0.3) is 10.8 Å². The van der Waals surface area contributed by atoms with Crippen molar-refractivity contribution in [3.63, 3.8) is 0 Å². The molecule has 0 bridgehead atoms. The Morgan fingerprint density at radius 3 is 2.62 bits per heavy atom. The predicted molar refractivity (Wildman–Crippen MR) is 175 cm³/mol. The van der Waals surface area contributed by atoms with Crippen molar-refractivity contribution in [2.75, 3.05) is 13.2 Å². The molecular formula is C38H48FN3O3. The number of carbonyl (C=O) groups excluding carboxylic acids is 1. The first-order valence-electron chi connectivity index (χ1n) is 17.3. The van der Waals surface area contributed by atoms with Gasteiger partial charge in [0.25, 0.3) is 11.5 Å². The minimum atomic E-state index is -0.560. The van der Waals surface area contributed by atoms with Crippen LogP contribution in [0.4, 0.5) is 4.39 Å². The third-order valence-electron chi connectivity index (χ3n) is 13.0. The SMILES string of the molecule is CC1CC[C@@]2(C)[C@@H](CC[C@@H]3[C@@H]2CC[C@]2(C)[C@@H](OCCNC(=O)c4cc(Cc5n[nH]c(=O)c6ccccc56)ccc4F)CC[C@@H]32)C1. The Labute approximate surface area is 265 Å². The maximum atomic E-state index is 14.8. The molecule has 7 heteroatoms. The highest BCUT2D eigenvalue weighted by atomic mass is 19.1. The van der Waals surface area contributed by atoms with E-state index in [-0.39, 0.29) is 22.6 Å². The molecular weight excluding hydrogens is 565 g/mol. The van der Waals surface area contributed by atoms with Crippen LogP contribution in [-0.4, -0.2) is 35.4 Å². The summed E-state index contributed by atoms with van der Waals surface area (Å²) in [6.45, 7) is 8.34. The van der Waals surface area contributed by atoms with Gasteiger partial charge >= 0.3 is 0 Å². The molecule has 7 rings (SSSR count). The first kappa shape index (κ1) is 30.6. The second kappa shape index (κ2) is 11.9. The third-order valence-corrected chi connectivity index (χ3v) is 13.0. The van der Waals surface area contributed by atoms with Crippen molar-refractivity contribution in [1.82, 2.24) is 15.5 Å². The molecule has 4 aliphatic rings. The van der Waals surface area contributed by atoms with Gasteiger partial charge in [-0.1, -0.05) is 51.5 Å². The van der Waals surface area contributed by atoms with Crippen LogP contribution in [0.5, 0.6) is 0 Å². The number of amides is 1. The van der Waals surface area contributed by atoms with Crippen LogP contribution in [0.2, 0.25) is 0 Å². The van der Waals surface area contributed by atoms with Gasteiger partial charge in [0, 0.05) is 18.4 Å². The van der Waals surface area contributed by atoms with Gasteiger partial charge in [-0.05, 0) is 116 Å². The van der Waals surface area contributed by atoms with Crippen molar-refractivity contribution in [2.45, 2.75) is 91.1 Å². The van der Waals surface area contributed by atoms with Crippen LogP contribution in [0.15, 0.2) is 47.3 Å². The van der Waals surface area contributed by atoms with Crippen molar-refractivity contribution in [1.29, 1.82) is 0 Å². The van der Waals surface area contributed by atoms with Crippen LogP contribution in [0.3, 0.4) is 0 Å². The van der Waals surface area contributed by atoms with E-state index < -0.39 is 11.7 Å². The van der Waals surface area contributed by atoms with Crippen LogP contribution in [-0.2, 0) is 11.2 Å². The molecule has 0 radical (unpaired) electrons. The van der Waals surface area contributed by atoms with E-state index in [1.54, 1.807) is 18.2 Å². The van der Waals surface area contributed by atoms with Gasteiger partial charge in [-0.25, -0.2) is 9.49 Å². The highest BCUT2D eigenvalue weighted by Gasteiger charge is 2.60.